The van der Waals surface area contributed by atoms with E-state index in [4.69, 9.17) is 5.26 Å². The van der Waals surface area contributed by atoms with Crippen LogP contribution in [0.25, 0.3) is 0 Å². The molecule has 0 saturated heterocycles. The van der Waals surface area contributed by atoms with E-state index >= 15 is 0 Å². The summed E-state index contributed by atoms with van der Waals surface area (Å²) >= 11 is 0. The second kappa shape index (κ2) is 2.31. The molecule has 0 bridgehead atoms. The van der Waals surface area contributed by atoms with Gasteiger partial charge in [-0.2, -0.15) is 10.2 Å². The Morgan fingerprint density at radius 2 is 2.50 bits per heavy atom. The lowest BCUT2D eigenvalue weighted by molar-refractivity contribution is 0.848. The predicted molar refractivity (Wildman–Crippen MR) is 34.2 cm³/mol. The SMILES string of the molecule is Cn1cnc(=O)c(C#N)c1. The number of rotatable bonds is 0. The highest BCUT2D eigenvalue weighted by molar-refractivity contribution is 5.21. The van der Waals surface area contributed by atoms with Crippen molar-refractivity contribution >= 4 is 0 Å². The van der Waals surface area contributed by atoms with Gasteiger partial charge in [-0.25, -0.2) is 0 Å². The van der Waals surface area contributed by atoms with Crippen LogP contribution in [0, 0.1) is 11.3 Å². The summed E-state index contributed by atoms with van der Waals surface area (Å²) in [5.41, 5.74) is -0.398. The fraction of sp³-hybridized carbons (Fsp3) is 0.167. The molecule has 1 rings (SSSR count). The van der Waals surface area contributed by atoms with Gasteiger partial charge in [0, 0.05) is 13.2 Å². The highest BCUT2D eigenvalue weighted by atomic mass is 16.1. The van der Waals surface area contributed by atoms with Crippen LogP contribution < -0.4 is 5.56 Å². The van der Waals surface area contributed by atoms with Gasteiger partial charge in [-0.3, -0.25) is 4.79 Å². The summed E-state index contributed by atoms with van der Waals surface area (Å²) in [6.45, 7) is 0. The molecular weight excluding hydrogens is 130 g/mol. The summed E-state index contributed by atoms with van der Waals surface area (Å²) in [5.74, 6) is 0. The van der Waals surface area contributed by atoms with Crippen molar-refractivity contribution in [3.63, 3.8) is 0 Å². The highest BCUT2D eigenvalue weighted by Crippen LogP contribution is 1.82. The third-order valence-corrected chi connectivity index (χ3v) is 1.04. The molecule has 0 aromatic carbocycles. The van der Waals surface area contributed by atoms with Crippen molar-refractivity contribution in [1.82, 2.24) is 9.55 Å². The number of aryl methyl sites for hydroxylation is 1. The lowest BCUT2D eigenvalue weighted by atomic mass is 10.4. The quantitative estimate of drug-likeness (QED) is 0.488. The Balaban J connectivity index is 3.40. The molecule has 0 aliphatic heterocycles. The molecular formula is C6H5N3O. The van der Waals surface area contributed by atoms with Crippen LogP contribution >= 0.6 is 0 Å². The van der Waals surface area contributed by atoms with Gasteiger partial charge in [-0.15, -0.1) is 0 Å². The molecule has 50 valence electrons. The van der Waals surface area contributed by atoms with Gasteiger partial charge in [-0.05, 0) is 0 Å². The molecule has 0 radical (unpaired) electrons. The molecule has 0 aliphatic rings. The lowest BCUT2D eigenvalue weighted by Gasteiger charge is -1.92. The summed E-state index contributed by atoms with van der Waals surface area (Å²) in [7, 11) is 1.70. The fourth-order valence-electron chi connectivity index (χ4n) is 0.582. The van der Waals surface area contributed by atoms with E-state index < -0.39 is 5.56 Å². The maximum absolute atomic E-state index is 10.7. The zero-order chi connectivity index (χ0) is 7.56. The molecule has 0 fully saturated rings. The van der Waals surface area contributed by atoms with Crippen molar-refractivity contribution in [1.29, 1.82) is 5.26 Å². The van der Waals surface area contributed by atoms with Crippen LogP contribution in [-0.4, -0.2) is 9.55 Å². The Morgan fingerprint density at radius 3 is 3.00 bits per heavy atom. The second-order valence-corrected chi connectivity index (χ2v) is 1.87. The summed E-state index contributed by atoms with van der Waals surface area (Å²) in [6.07, 6.45) is 2.80. The van der Waals surface area contributed by atoms with Gasteiger partial charge in [0.15, 0.2) is 0 Å². The van der Waals surface area contributed by atoms with E-state index in [1.165, 1.54) is 12.5 Å². The van der Waals surface area contributed by atoms with Gasteiger partial charge in [0.25, 0.3) is 5.56 Å². The third kappa shape index (κ3) is 1.03. The minimum Gasteiger partial charge on any atom is -0.340 e. The monoisotopic (exact) mass is 135 g/mol. The van der Waals surface area contributed by atoms with Crippen molar-refractivity contribution in [2.24, 2.45) is 7.05 Å². The van der Waals surface area contributed by atoms with Crippen molar-refractivity contribution in [2.75, 3.05) is 0 Å². The lowest BCUT2D eigenvalue weighted by Crippen LogP contribution is -2.12. The Hall–Kier alpha value is -1.63. The first kappa shape index (κ1) is 6.49. The number of aromatic nitrogens is 2. The average Bonchev–Trinajstić information content (AvgIpc) is 1.94. The van der Waals surface area contributed by atoms with Gasteiger partial charge in [0.2, 0.25) is 0 Å². The molecule has 0 amide bonds. The molecule has 10 heavy (non-hydrogen) atoms. The molecule has 4 nitrogen and oxygen atoms in total. The molecule has 0 aliphatic carbocycles. The summed E-state index contributed by atoms with van der Waals surface area (Å²) < 4.78 is 1.56. The maximum Gasteiger partial charge on any atom is 0.290 e. The van der Waals surface area contributed by atoms with Gasteiger partial charge in [-0.1, -0.05) is 0 Å². The number of nitrogens with zero attached hydrogens (tertiary/aromatic N) is 3. The van der Waals surface area contributed by atoms with E-state index in [0.29, 0.717) is 0 Å². The van der Waals surface area contributed by atoms with Crippen LogP contribution in [0.2, 0.25) is 0 Å². The Morgan fingerprint density at radius 1 is 1.80 bits per heavy atom. The number of hydrogen-bond donors (Lipinski definition) is 0. The molecule has 0 atom stereocenters. The van der Waals surface area contributed by atoms with E-state index in [0.717, 1.165) is 0 Å². The minimum atomic E-state index is -0.472. The van der Waals surface area contributed by atoms with Crippen molar-refractivity contribution in [3.8, 4) is 6.07 Å². The zero-order valence-electron chi connectivity index (χ0n) is 5.40. The first-order valence-electron chi connectivity index (χ1n) is 2.66. The van der Waals surface area contributed by atoms with Gasteiger partial charge in [0.05, 0.1) is 6.33 Å². The first-order chi connectivity index (χ1) is 4.74. The number of hydrogen-bond acceptors (Lipinski definition) is 3. The molecule has 0 saturated carbocycles. The maximum atomic E-state index is 10.7. The van der Waals surface area contributed by atoms with Crippen LogP contribution in [0.5, 0.6) is 0 Å². The Bertz CT molecular complexity index is 334. The first-order valence-corrected chi connectivity index (χ1v) is 2.66. The molecule has 1 aromatic rings. The van der Waals surface area contributed by atoms with E-state index in [9.17, 15) is 4.79 Å². The largest absolute Gasteiger partial charge is 0.340 e. The third-order valence-electron chi connectivity index (χ3n) is 1.04. The van der Waals surface area contributed by atoms with Crippen LogP contribution in [-0.2, 0) is 7.05 Å². The number of nitriles is 1. The molecule has 4 heteroatoms. The normalized spacial score (nSPS) is 8.80. The van der Waals surface area contributed by atoms with E-state index in [1.54, 1.807) is 17.7 Å². The molecule has 1 heterocycles. The van der Waals surface area contributed by atoms with Crippen LogP contribution in [0.3, 0.4) is 0 Å². The Kier molecular flexibility index (Phi) is 1.50. The average molecular weight is 135 g/mol. The second-order valence-electron chi connectivity index (χ2n) is 1.87. The highest BCUT2D eigenvalue weighted by Gasteiger charge is 1.95. The van der Waals surface area contributed by atoms with Gasteiger partial charge < -0.3 is 4.57 Å². The van der Waals surface area contributed by atoms with Crippen molar-refractivity contribution in [2.45, 2.75) is 0 Å². The van der Waals surface area contributed by atoms with Crippen LogP contribution in [0.15, 0.2) is 17.3 Å². The Labute approximate surface area is 57.4 Å². The van der Waals surface area contributed by atoms with E-state index in [2.05, 4.69) is 4.98 Å². The van der Waals surface area contributed by atoms with Crippen molar-refractivity contribution in [3.05, 3.63) is 28.4 Å². The molecule has 1 aromatic heterocycles. The minimum absolute atomic E-state index is 0.0741. The fourth-order valence-corrected chi connectivity index (χ4v) is 0.582. The van der Waals surface area contributed by atoms with Crippen molar-refractivity contribution < 1.29 is 0 Å². The summed E-state index contributed by atoms with van der Waals surface area (Å²) in [5, 5.41) is 8.34. The molecule has 0 N–H and O–H groups in total. The van der Waals surface area contributed by atoms with Crippen LogP contribution in [0.1, 0.15) is 5.56 Å². The predicted octanol–water partition coefficient (Wildman–Crippen LogP) is -0.348. The summed E-state index contributed by atoms with van der Waals surface area (Å²) in [6, 6.07) is 1.74. The van der Waals surface area contributed by atoms with Gasteiger partial charge in [0.1, 0.15) is 11.6 Å². The van der Waals surface area contributed by atoms with E-state index in [1.807, 2.05) is 0 Å². The topological polar surface area (TPSA) is 58.7 Å². The van der Waals surface area contributed by atoms with E-state index in [-0.39, 0.29) is 5.56 Å². The zero-order valence-corrected chi connectivity index (χ0v) is 5.40. The van der Waals surface area contributed by atoms with Crippen LogP contribution in [0.4, 0.5) is 0 Å². The molecule has 0 spiro atoms. The standard InChI is InChI=1S/C6H5N3O/c1-9-3-5(2-7)6(10)8-4-9/h3-4H,1H3. The smallest absolute Gasteiger partial charge is 0.290 e. The summed E-state index contributed by atoms with van der Waals surface area (Å²) in [4.78, 5) is 14.1. The molecule has 0 unspecified atom stereocenters. The van der Waals surface area contributed by atoms with Gasteiger partial charge >= 0.3 is 0 Å².